The average molecular weight is 369 g/mol. The molecule has 2 bridgehead atoms. The minimum absolute atomic E-state index is 0.277. The molecule has 4 rings (SSSR count). The molecule has 2 aromatic rings. The van der Waals surface area contributed by atoms with Crippen molar-refractivity contribution in [1.82, 2.24) is 4.90 Å². The molecule has 0 unspecified atom stereocenters. The number of rotatable bonds is 5. The summed E-state index contributed by atoms with van der Waals surface area (Å²) in [6.07, 6.45) is 6.67. The van der Waals surface area contributed by atoms with Gasteiger partial charge in [0, 0.05) is 12.1 Å². The number of piperidine rings is 1. The summed E-state index contributed by atoms with van der Waals surface area (Å²) in [4.78, 5) is 2.51. The molecule has 2 aliphatic rings. The third-order valence-corrected chi connectivity index (χ3v) is 5.96. The molecule has 2 aromatic carbocycles. The Bertz CT molecular complexity index is 739. The first kappa shape index (κ1) is 18.3. The second kappa shape index (κ2) is 7.91. The van der Waals surface area contributed by atoms with Crippen molar-refractivity contribution >= 4 is 0 Å². The van der Waals surface area contributed by atoms with E-state index in [-0.39, 0.29) is 17.7 Å². The van der Waals surface area contributed by atoms with Gasteiger partial charge in [-0.1, -0.05) is 35.9 Å². The van der Waals surface area contributed by atoms with Gasteiger partial charge in [-0.15, -0.1) is 0 Å². The molecule has 2 aliphatic heterocycles. The van der Waals surface area contributed by atoms with Crippen molar-refractivity contribution < 1.29 is 13.5 Å². The molecule has 2 saturated heterocycles. The highest BCUT2D eigenvalue weighted by Gasteiger charge is 2.35. The number of hydrogen-bond acceptors (Lipinski definition) is 2. The molecule has 2 atom stereocenters. The Hall–Kier alpha value is -2.04. The zero-order valence-corrected chi connectivity index (χ0v) is 15.6. The largest absolute Gasteiger partial charge is 0.365 e. The Balaban J connectivity index is 1.49. The SMILES string of the molecule is CN1[C@@H]2CC[C@H]1CC(=CCOC(c1ccc(F)cc1)c1ccc(F)cc1)C2. The molecule has 0 N–H and O–H groups in total. The van der Waals surface area contributed by atoms with E-state index in [1.165, 1.54) is 42.7 Å². The summed E-state index contributed by atoms with van der Waals surface area (Å²) in [5.74, 6) is -0.555. The fourth-order valence-corrected chi connectivity index (χ4v) is 4.36. The quantitative estimate of drug-likeness (QED) is 0.667. The Morgan fingerprint density at radius 1 is 0.926 bits per heavy atom. The fourth-order valence-electron chi connectivity index (χ4n) is 4.36. The molecule has 2 fully saturated rings. The zero-order valence-electron chi connectivity index (χ0n) is 15.6. The normalized spacial score (nSPS) is 24.1. The second-order valence-electron chi connectivity index (χ2n) is 7.64. The van der Waals surface area contributed by atoms with Crippen LogP contribution in [0.15, 0.2) is 60.2 Å². The summed E-state index contributed by atoms with van der Waals surface area (Å²) in [6.45, 7) is 0.498. The molecule has 2 nitrogen and oxygen atoms in total. The Morgan fingerprint density at radius 3 is 1.89 bits per heavy atom. The molecule has 0 radical (unpaired) electrons. The average Bonchev–Trinajstić information content (AvgIpc) is 2.88. The lowest BCUT2D eigenvalue weighted by Crippen LogP contribution is -2.37. The molecule has 0 amide bonds. The lowest BCUT2D eigenvalue weighted by molar-refractivity contribution is 0.103. The van der Waals surface area contributed by atoms with Crippen LogP contribution in [-0.4, -0.2) is 30.6 Å². The van der Waals surface area contributed by atoms with Crippen LogP contribution in [0.2, 0.25) is 0 Å². The Morgan fingerprint density at radius 2 is 1.41 bits per heavy atom. The van der Waals surface area contributed by atoms with E-state index >= 15 is 0 Å². The number of nitrogens with zero attached hydrogens (tertiary/aromatic N) is 1. The zero-order chi connectivity index (χ0) is 18.8. The van der Waals surface area contributed by atoms with Gasteiger partial charge in [-0.25, -0.2) is 8.78 Å². The smallest absolute Gasteiger partial charge is 0.123 e. The second-order valence-corrected chi connectivity index (χ2v) is 7.64. The van der Waals surface area contributed by atoms with Crippen LogP contribution < -0.4 is 0 Å². The molecule has 2 heterocycles. The van der Waals surface area contributed by atoms with Crippen molar-refractivity contribution in [3.8, 4) is 0 Å². The topological polar surface area (TPSA) is 12.5 Å². The summed E-state index contributed by atoms with van der Waals surface area (Å²) in [6, 6.07) is 14.0. The van der Waals surface area contributed by atoms with Gasteiger partial charge in [0.15, 0.2) is 0 Å². The van der Waals surface area contributed by atoms with E-state index in [0.717, 1.165) is 24.0 Å². The molecule has 0 spiro atoms. The summed E-state index contributed by atoms with van der Waals surface area (Å²) < 4.78 is 32.8. The van der Waals surface area contributed by atoms with Gasteiger partial charge >= 0.3 is 0 Å². The summed E-state index contributed by atoms with van der Waals surface area (Å²) in [5, 5.41) is 0. The Labute approximate surface area is 159 Å². The molecule has 142 valence electrons. The molecular formula is C23H25F2NO. The van der Waals surface area contributed by atoms with Crippen molar-refractivity contribution in [3.63, 3.8) is 0 Å². The number of benzene rings is 2. The standard InChI is InChI=1S/C23H25F2NO/c1-26-21-10-11-22(26)15-16(14-21)12-13-27-23(17-2-6-19(24)7-3-17)18-4-8-20(25)9-5-18/h2-9,12,21-23H,10-11,13-15H2,1H3/t21-,22+. The van der Waals surface area contributed by atoms with Crippen LogP contribution in [0.4, 0.5) is 8.78 Å². The van der Waals surface area contributed by atoms with Crippen molar-refractivity contribution in [1.29, 1.82) is 0 Å². The van der Waals surface area contributed by atoms with Crippen LogP contribution in [0.3, 0.4) is 0 Å². The first-order valence-electron chi connectivity index (χ1n) is 9.62. The number of halogens is 2. The third kappa shape index (κ3) is 4.12. The first-order valence-corrected chi connectivity index (χ1v) is 9.62. The third-order valence-electron chi connectivity index (χ3n) is 5.96. The van der Waals surface area contributed by atoms with Crippen molar-refractivity contribution in [3.05, 3.63) is 82.9 Å². The minimum atomic E-state index is -0.342. The highest BCUT2D eigenvalue weighted by Crippen LogP contribution is 2.37. The van der Waals surface area contributed by atoms with Crippen LogP contribution in [0.5, 0.6) is 0 Å². The molecular weight excluding hydrogens is 344 g/mol. The molecule has 4 heteroatoms. The van der Waals surface area contributed by atoms with Gasteiger partial charge in [0.1, 0.15) is 17.7 Å². The van der Waals surface area contributed by atoms with E-state index < -0.39 is 0 Å². The summed E-state index contributed by atoms with van der Waals surface area (Å²) in [7, 11) is 2.23. The molecule has 0 aromatic heterocycles. The minimum Gasteiger partial charge on any atom is -0.365 e. The van der Waals surface area contributed by atoms with Crippen LogP contribution in [0.1, 0.15) is 42.9 Å². The van der Waals surface area contributed by atoms with E-state index in [9.17, 15) is 8.78 Å². The van der Waals surface area contributed by atoms with E-state index in [2.05, 4.69) is 18.0 Å². The van der Waals surface area contributed by atoms with Crippen LogP contribution >= 0.6 is 0 Å². The van der Waals surface area contributed by atoms with Crippen LogP contribution in [0, 0.1) is 11.6 Å². The van der Waals surface area contributed by atoms with Crippen LogP contribution in [0.25, 0.3) is 0 Å². The van der Waals surface area contributed by atoms with Gasteiger partial charge in [-0.05, 0) is 68.1 Å². The molecule has 0 aliphatic carbocycles. The van der Waals surface area contributed by atoms with Crippen molar-refractivity contribution in [2.24, 2.45) is 0 Å². The van der Waals surface area contributed by atoms with Gasteiger partial charge in [-0.2, -0.15) is 0 Å². The van der Waals surface area contributed by atoms with E-state index in [1.807, 2.05) is 0 Å². The van der Waals surface area contributed by atoms with Crippen molar-refractivity contribution in [2.75, 3.05) is 13.7 Å². The number of hydrogen-bond donors (Lipinski definition) is 0. The number of ether oxygens (including phenoxy) is 1. The van der Waals surface area contributed by atoms with Crippen molar-refractivity contribution in [2.45, 2.75) is 43.9 Å². The highest BCUT2D eigenvalue weighted by atomic mass is 19.1. The van der Waals surface area contributed by atoms with E-state index in [0.29, 0.717) is 18.7 Å². The van der Waals surface area contributed by atoms with Gasteiger partial charge in [-0.3, -0.25) is 4.90 Å². The fraction of sp³-hybridized carbons (Fsp3) is 0.391. The monoisotopic (exact) mass is 369 g/mol. The molecule has 27 heavy (non-hydrogen) atoms. The lowest BCUT2D eigenvalue weighted by atomic mass is 9.97. The molecule has 0 saturated carbocycles. The van der Waals surface area contributed by atoms with Gasteiger partial charge in [0.25, 0.3) is 0 Å². The predicted molar refractivity (Wildman–Crippen MR) is 102 cm³/mol. The highest BCUT2D eigenvalue weighted by molar-refractivity contribution is 5.30. The maximum Gasteiger partial charge on any atom is 0.123 e. The maximum absolute atomic E-state index is 13.3. The van der Waals surface area contributed by atoms with Gasteiger partial charge in [0.2, 0.25) is 0 Å². The van der Waals surface area contributed by atoms with Gasteiger partial charge in [0.05, 0.1) is 6.61 Å². The van der Waals surface area contributed by atoms with Gasteiger partial charge < -0.3 is 4.74 Å². The predicted octanol–water partition coefficient (Wildman–Crippen LogP) is 5.25. The number of fused-ring (bicyclic) bond motifs is 2. The first-order chi connectivity index (χ1) is 13.1. The summed E-state index contributed by atoms with van der Waals surface area (Å²) >= 11 is 0. The van der Waals surface area contributed by atoms with Crippen LogP contribution in [-0.2, 0) is 4.74 Å². The lowest BCUT2D eigenvalue weighted by Gasteiger charge is -2.32. The maximum atomic E-state index is 13.3. The Kier molecular flexibility index (Phi) is 5.37. The van der Waals surface area contributed by atoms with E-state index in [1.54, 1.807) is 24.3 Å². The summed E-state index contributed by atoms with van der Waals surface area (Å²) in [5.41, 5.74) is 3.20. The van der Waals surface area contributed by atoms with E-state index in [4.69, 9.17) is 4.74 Å².